The number of hydrogen-bond donors (Lipinski definition) is 1. The van der Waals surface area contributed by atoms with Gasteiger partial charge in [-0.25, -0.2) is 4.39 Å². The van der Waals surface area contributed by atoms with E-state index in [9.17, 15) is 4.39 Å². The Morgan fingerprint density at radius 2 is 1.86 bits per heavy atom. The van der Waals surface area contributed by atoms with Crippen LogP contribution in [-0.2, 0) is 6.54 Å². The molecule has 2 aromatic carbocycles. The first-order chi connectivity index (χ1) is 10.6. The first-order valence-corrected chi connectivity index (χ1v) is 8.00. The molecule has 0 fully saturated rings. The fourth-order valence-corrected chi connectivity index (χ4v) is 3.09. The molecule has 116 valence electrons. The Morgan fingerprint density at radius 3 is 2.59 bits per heavy atom. The summed E-state index contributed by atoms with van der Waals surface area (Å²) < 4.78 is 25.8. The first-order valence-electron chi connectivity index (χ1n) is 7.21. The maximum absolute atomic E-state index is 13.7. The van der Waals surface area contributed by atoms with E-state index >= 15 is 0 Å². The molecule has 3 rings (SSSR count). The minimum Gasteiger partial charge on any atom is -0.486 e. The normalized spacial score (nSPS) is 14.7. The van der Waals surface area contributed by atoms with Crippen molar-refractivity contribution in [3.8, 4) is 11.5 Å². The van der Waals surface area contributed by atoms with E-state index < -0.39 is 0 Å². The van der Waals surface area contributed by atoms with Crippen LogP contribution >= 0.6 is 15.9 Å². The number of fused-ring (bicyclic) bond motifs is 1. The number of ether oxygens (including phenoxy) is 2. The second-order valence-electron chi connectivity index (χ2n) is 5.21. The summed E-state index contributed by atoms with van der Waals surface area (Å²) in [6.07, 6.45) is 0. The minimum atomic E-state index is -0.191. The quantitative estimate of drug-likeness (QED) is 0.880. The van der Waals surface area contributed by atoms with Gasteiger partial charge in [0.25, 0.3) is 0 Å². The van der Waals surface area contributed by atoms with Gasteiger partial charge >= 0.3 is 0 Å². The monoisotopic (exact) mass is 365 g/mol. The molecule has 0 amide bonds. The third-order valence-electron chi connectivity index (χ3n) is 3.68. The van der Waals surface area contributed by atoms with Gasteiger partial charge in [-0.05, 0) is 30.7 Å². The summed E-state index contributed by atoms with van der Waals surface area (Å²) in [7, 11) is 0. The zero-order valence-electron chi connectivity index (χ0n) is 12.2. The summed E-state index contributed by atoms with van der Waals surface area (Å²) in [6.45, 7) is 3.64. The smallest absolute Gasteiger partial charge is 0.162 e. The lowest BCUT2D eigenvalue weighted by Gasteiger charge is -2.22. The lowest BCUT2D eigenvalue weighted by atomic mass is 10.1. The van der Waals surface area contributed by atoms with Gasteiger partial charge in [0.15, 0.2) is 11.5 Å². The van der Waals surface area contributed by atoms with Crippen LogP contribution in [0.4, 0.5) is 4.39 Å². The van der Waals surface area contributed by atoms with Gasteiger partial charge in [0, 0.05) is 22.6 Å². The molecule has 22 heavy (non-hydrogen) atoms. The van der Waals surface area contributed by atoms with E-state index in [-0.39, 0.29) is 11.9 Å². The van der Waals surface area contributed by atoms with Crippen molar-refractivity contribution in [2.45, 2.75) is 19.5 Å². The maximum Gasteiger partial charge on any atom is 0.162 e. The molecule has 1 unspecified atom stereocenters. The highest BCUT2D eigenvalue weighted by atomic mass is 79.9. The van der Waals surface area contributed by atoms with E-state index in [1.54, 1.807) is 12.1 Å². The molecule has 0 aliphatic carbocycles. The molecule has 0 saturated carbocycles. The van der Waals surface area contributed by atoms with Crippen molar-refractivity contribution < 1.29 is 13.9 Å². The maximum atomic E-state index is 13.7. The number of benzene rings is 2. The Kier molecular flexibility index (Phi) is 4.64. The van der Waals surface area contributed by atoms with Crippen LogP contribution in [0.3, 0.4) is 0 Å². The molecule has 0 aromatic heterocycles. The van der Waals surface area contributed by atoms with Crippen LogP contribution in [0, 0.1) is 5.82 Å². The molecule has 1 aliphatic heterocycles. The summed E-state index contributed by atoms with van der Waals surface area (Å²) in [4.78, 5) is 0. The average molecular weight is 366 g/mol. The largest absolute Gasteiger partial charge is 0.486 e. The van der Waals surface area contributed by atoms with Crippen LogP contribution in [0.15, 0.2) is 40.9 Å². The molecule has 0 radical (unpaired) electrons. The second-order valence-corrected chi connectivity index (χ2v) is 6.07. The summed E-state index contributed by atoms with van der Waals surface area (Å²) in [5.74, 6) is 1.32. The molecule has 3 nitrogen and oxygen atoms in total. The summed E-state index contributed by atoms with van der Waals surface area (Å²) in [6, 6.07) is 10.7. The molecule has 0 bridgehead atoms. The molecular weight excluding hydrogens is 349 g/mol. The number of halogens is 2. The predicted octanol–water partition coefficient (Wildman–Crippen LogP) is 4.21. The van der Waals surface area contributed by atoms with E-state index in [1.807, 2.05) is 25.1 Å². The van der Waals surface area contributed by atoms with Crippen LogP contribution in [0.1, 0.15) is 24.1 Å². The van der Waals surface area contributed by atoms with Crippen LogP contribution < -0.4 is 14.8 Å². The van der Waals surface area contributed by atoms with E-state index in [0.29, 0.717) is 25.3 Å². The molecule has 2 aromatic rings. The van der Waals surface area contributed by atoms with Crippen LogP contribution in [-0.4, -0.2) is 13.2 Å². The highest BCUT2D eigenvalue weighted by molar-refractivity contribution is 9.10. The molecule has 1 heterocycles. The Labute approximate surface area is 137 Å². The molecule has 1 atom stereocenters. The van der Waals surface area contributed by atoms with Crippen LogP contribution in [0.25, 0.3) is 0 Å². The van der Waals surface area contributed by atoms with Crippen molar-refractivity contribution in [2.75, 3.05) is 13.2 Å². The highest BCUT2D eigenvalue weighted by Crippen LogP contribution is 2.37. The van der Waals surface area contributed by atoms with E-state index in [0.717, 1.165) is 21.5 Å². The number of nitrogens with one attached hydrogen (secondary N) is 1. The number of rotatable bonds is 4. The first kappa shape index (κ1) is 15.3. The standard InChI is InChI=1S/C17H17BrFNO2/c1-11(20-10-12-4-2-3-5-15(12)19)13-8-16-17(9-14(13)18)22-7-6-21-16/h2-5,8-9,11,20H,6-7,10H2,1H3. The molecule has 5 heteroatoms. The van der Waals surface area contributed by atoms with E-state index in [2.05, 4.69) is 21.2 Å². The van der Waals surface area contributed by atoms with Gasteiger partial charge in [0.05, 0.1) is 0 Å². The Hall–Kier alpha value is -1.59. The van der Waals surface area contributed by atoms with E-state index in [4.69, 9.17) is 9.47 Å². The Balaban J connectivity index is 1.75. The summed E-state index contributed by atoms with van der Waals surface area (Å²) in [5, 5.41) is 3.34. The van der Waals surface area contributed by atoms with Gasteiger partial charge in [-0.15, -0.1) is 0 Å². The lowest BCUT2D eigenvalue weighted by Crippen LogP contribution is -2.20. The minimum absolute atomic E-state index is 0.0461. The Bertz CT molecular complexity index is 678. The fraction of sp³-hybridized carbons (Fsp3) is 0.294. The van der Waals surface area contributed by atoms with Gasteiger partial charge in [0.1, 0.15) is 19.0 Å². The van der Waals surface area contributed by atoms with Gasteiger partial charge in [-0.2, -0.15) is 0 Å². The van der Waals surface area contributed by atoms with Gasteiger partial charge in [-0.3, -0.25) is 0 Å². The number of hydrogen-bond acceptors (Lipinski definition) is 3. The topological polar surface area (TPSA) is 30.5 Å². The van der Waals surface area contributed by atoms with Gasteiger partial charge in [0.2, 0.25) is 0 Å². The molecular formula is C17H17BrFNO2. The third-order valence-corrected chi connectivity index (χ3v) is 4.37. The zero-order chi connectivity index (χ0) is 15.5. The Morgan fingerprint density at radius 1 is 1.18 bits per heavy atom. The molecule has 1 aliphatic rings. The van der Waals surface area contributed by atoms with Crippen LogP contribution in [0.5, 0.6) is 11.5 Å². The van der Waals surface area contributed by atoms with Crippen molar-refractivity contribution in [1.82, 2.24) is 5.32 Å². The average Bonchev–Trinajstić information content (AvgIpc) is 2.53. The van der Waals surface area contributed by atoms with Crippen molar-refractivity contribution in [3.05, 3.63) is 57.8 Å². The summed E-state index contributed by atoms with van der Waals surface area (Å²) in [5.41, 5.74) is 1.71. The van der Waals surface area contributed by atoms with Crippen molar-refractivity contribution in [1.29, 1.82) is 0 Å². The third kappa shape index (κ3) is 3.25. The summed E-state index contributed by atoms with van der Waals surface area (Å²) >= 11 is 3.57. The van der Waals surface area contributed by atoms with Gasteiger partial charge in [-0.1, -0.05) is 34.1 Å². The lowest BCUT2D eigenvalue weighted by molar-refractivity contribution is 0.171. The second kappa shape index (κ2) is 6.67. The SMILES string of the molecule is CC(NCc1ccccc1F)c1cc2c(cc1Br)OCCO2. The van der Waals surface area contributed by atoms with Gasteiger partial charge < -0.3 is 14.8 Å². The van der Waals surface area contributed by atoms with Crippen molar-refractivity contribution in [2.24, 2.45) is 0 Å². The molecule has 1 N–H and O–H groups in total. The molecule has 0 spiro atoms. The highest BCUT2D eigenvalue weighted by Gasteiger charge is 2.18. The predicted molar refractivity (Wildman–Crippen MR) is 86.8 cm³/mol. The van der Waals surface area contributed by atoms with Crippen molar-refractivity contribution >= 4 is 15.9 Å². The van der Waals surface area contributed by atoms with Crippen LogP contribution in [0.2, 0.25) is 0 Å². The zero-order valence-corrected chi connectivity index (χ0v) is 13.8. The van der Waals surface area contributed by atoms with Crippen molar-refractivity contribution in [3.63, 3.8) is 0 Å². The fourth-order valence-electron chi connectivity index (χ4n) is 2.43. The molecule has 0 saturated heterocycles. The van der Waals surface area contributed by atoms with E-state index in [1.165, 1.54) is 6.07 Å².